The van der Waals surface area contributed by atoms with Crippen LogP contribution in [-0.2, 0) is 9.59 Å². The number of carboxylic acid groups (broad SMARTS) is 1. The zero-order chi connectivity index (χ0) is 16.8. The van der Waals surface area contributed by atoms with Gasteiger partial charge >= 0.3 is 5.97 Å². The van der Waals surface area contributed by atoms with Gasteiger partial charge in [-0.1, -0.05) is 13.8 Å². The minimum absolute atomic E-state index is 0.295. The lowest BCUT2D eigenvalue weighted by Crippen LogP contribution is -2.18. The number of amides is 1. The van der Waals surface area contributed by atoms with E-state index in [1.807, 2.05) is 0 Å². The molecule has 1 aliphatic carbocycles. The van der Waals surface area contributed by atoms with E-state index in [0.717, 1.165) is 0 Å². The first-order chi connectivity index (χ1) is 10.8. The zero-order valence-corrected chi connectivity index (χ0v) is 12.7. The first-order valence-electron chi connectivity index (χ1n) is 7.14. The minimum atomic E-state index is -0.989. The molecule has 0 bridgehead atoms. The van der Waals surface area contributed by atoms with E-state index >= 15 is 0 Å². The molecule has 1 aromatic heterocycles. The molecule has 0 spiro atoms. The minimum Gasteiger partial charge on any atom is -0.481 e. The van der Waals surface area contributed by atoms with Crippen LogP contribution in [0.15, 0.2) is 36.9 Å². The first kappa shape index (κ1) is 15.2. The highest BCUT2D eigenvalue weighted by atomic mass is 19.1. The summed E-state index contributed by atoms with van der Waals surface area (Å²) in [5.74, 6) is -3.23. The van der Waals surface area contributed by atoms with Crippen LogP contribution in [0.4, 0.5) is 10.1 Å². The maximum atomic E-state index is 14.1. The van der Waals surface area contributed by atoms with Crippen LogP contribution in [-0.4, -0.2) is 26.5 Å². The van der Waals surface area contributed by atoms with Gasteiger partial charge in [0.25, 0.3) is 0 Å². The van der Waals surface area contributed by atoms with Gasteiger partial charge in [0, 0.05) is 18.1 Å². The van der Waals surface area contributed by atoms with Crippen LogP contribution in [0.25, 0.3) is 5.69 Å². The number of nitrogens with one attached hydrogen (secondary N) is 1. The molecule has 0 unspecified atom stereocenters. The maximum Gasteiger partial charge on any atom is 0.307 e. The van der Waals surface area contributed by atoms with Crippen molar-refractivity contribution in [2.45, 2.75) is 13.8 Å². The van der Waals surface area contributed by atoms with Gasteiger partial charge < -0.3 is 15.0 Å². The molecule has 0 radical (unpaired) electrons. The quantitative estimate of drug-likeness (QED) is 0.906. The number of imidazole rings is 1. The van der Waals surface area contributed by atoms with Crippen LogP contribution in [0.5, 0.6) is 0 Å². The van der Waals surface area contributed by atoms with E-state index in [1.54, 1.807) is 26.1 Å². The van der Waals surface area contributed by atoms with Gasteiger partial charge in [-0.05, 0) is 23.6 Å². The number of hydrogen-bond donors (Lipinski definition) is 2. The van der Waals surface area contributed by atoms with Crippen molar-refractivity contribution in [1.29, 1.82) is 0 Å². The zero-order valence-electron chi connectivity index (χ0n) is 12.7. The number of rotatable bonds is 4. The number of halogens is 1. The molecule has 0 saturated heterocycles. The van der Waals surface area contributed by atoms with Gasteiger partial charge in [-0.3, -0.25) is 9.59 Å². The van der Waals surface area contributed by atoms with Gasteiger partial charge in [0.2, 0.25) is 5.91 Å². The maximum absolute atomic E-state index is 14.1. The molecule has 3 rings (SSSR count). The van der Waals surface area contributed by atoms with Crippen molar-refractivity contribution in [3.8, 4) is 5.69 Å². The van der Waals surface area contributed by atoms with Gasteiger partial charge in [-0.25, -0.2) is 9.37 Å². The normalized spacial score (nSPS) is 21.7. The number of carbonyl (C=O) groups is 2. The molecule has 0 aliphatic heterocycles. The highest BCUT2D eigenvalue weighted by molar-refractivity contribution is 5.99. The van der Waals surface area contributed by atoms with Gasteiger partial charge in [0.1, 0.15) is 5.82 Å². The van der Waals surface area contributed by atoms with Gasteiger partial charge in [0.15, 0.2) is 0 Å². The van der Waals surface area contributed by atoms with Crippen LogP contribution in [0.2, 0.25) is 0 Å². The lowest BCUT2D eigenvalue weighted by molar-refractivity contribution is -0.140. The Hall–Kier alpha value is -2.70. The summed E-state index contributed by atoms with van der Waals surface area (Å²) in [5, 5.41) is 11.7. The number of aromatic nitrogens is 2. The third-order valence-corrected chi connectivity index (χ3v) is 4.37. The highest BCUT2D eigenvalue weighted by Gasteiger charge is 2.65. The Balaban J connectivity index is 1.76. The van der Waals surface area contributed by atoms with Crippen molar-refractivity contribution < 1.29 is 19.1 Å². The number of anilines is 1. The predicted octanol–water partition coefficient (Wildman–Crippen LogP) is 2.31. The summed E-state index contributed by atoms with van der Waals surface area (Å²) in [4.78, 5) is 27.2. The fraction of sp³-hybridized carbons (Fsp3) is 0.312. The molecular weight excluding hydrogens is 301 g/mol. The Morgan fingerprint density at radius 3 is 2.61 bits per heavy atom. The molecule has 1 aromatic carbocycles. The Morgan fingerprint density at radius 1 is 1.35 bits per heavy atom. The Kier molecular flexibility index (Phi) is 3.43. The molecule has 2 aromatic rings. The monoisotopic (exact) mass is 317 g/mol. The number of nitrogens with zero attached hydrogens (tertiary/aromatic N) is 2. The fourth-order valence-corrected chi connectivity index (χ4v) is 3.00. The molecule has 1 aliphatic rings. The summed E-state index contributed by atoms with van der Waals surface area (Å²) in [7, 11) is 0. The lowest BCUT2D eigenvalue weighted by atomic mass is 10.1. The van der Waals surface area contributed by atoms with Crippen molar-refractivity contribution in [3.05, 3.63) is 42.7 Å². The number of benzene rings is 1. The molecule has 6 nitrogen and oxygen atoms in total. The van der Waals surface area contributed by atoms with Crippen LogP contribution in [0.1, 0.15) is 13.8 Å². The van der Waals surface area contributed by atoms with E-state index in [1.165, 1.54) is 29.2 Å². The summed E-state index contributed by atoms with van der Waals surface area (Å²) >= 11 is 0. The third-order valence-electron chi connectivity index (χ3n) is 4.37. The van der Waals surface area contributed by atoms with Crippen molar-refractivity contribution in [1.82, 2.24) is 9.55 Å². The summed E-state index contributed by atoms with van der Waals surface area (Å²) in [6.07, 6.45) is 4.62. The molecule has 2 atom stereocenters. The average molecular weight is 317 g/mol. The van der Waals surface area contributed by atoms with Gasteiger partial charge in [-0.15, -0.1) is 0 Å². The van der Waals surface area contributed by atoms with E-state index in [4.69, 9.17) is 5.11 Å². The third kappa shape index (κ3) is 2.58. The second kappa shape index (κ2) is 5.19. The summed E-state index contributed by atoms with van der Waals surface area (Å²) in [5.41, 5.74) is 0.0180. The Morgan fingerprint density at radius 2 is 2.09 bits per heavy atom. The summed E-state index contributed by atoms with van der Waals surface area (Å²) in [6.45, 7) is 3.47. The van der Waals surface area contributed by atoms with Crippen molar-refractivity contribution in [2.75, 3.05) is 5.32 Å². The second-order valence-electron chi connectivity index (χ2n) is 6.24. The van der Waals surface area contributed by atoms with E-state index in [-0.39, 0.29) is 0 Å². The molecule has 23 heavy (non-hydrogen) atoms. The predicted molar refractivity (Wildman–Crippen MR) is 80.5 cm³/mol. The topological polar surface area (TPSA) is 84.2 Å². The van der Waals surface area contributed by atoms with Crippen molar-refractivity contribution >= 4 is 17.6 Å². The smallest absolute Gasteiger partial charge is 0.307 e. The summed E-state index contributed by atoms with van der Waals surface area (Å²) < 4.78 is 15.7. The van der Waals surface area contributed by atoms with E-state index in [2.05, 4.69) is 10.3 Å². The van der Waals surface area contributed by atoms with Crippen molar-refractivity contribution in [3.63, 3.8) is 0 Å². The molecule has 120 valence electrons. The molecule has 1 amide bonds. The van der Waals surface area contributed by atoms with Gasteiger partial charge in [-0.2, -0.15) is 0 Å². The largest absolute Gasteiger partial charge is 0.481 e. The first-order valence-corrected chi connectivity index (χ1v) is 7.14. The number of aliphatic carboxylic acids is 1. The molecular formula is C16H16FN3O3. The number of carbonyl (C=O) groups excluding carboxylic acids is 1. The second-order valence-corrected chi connectivity index (χ2v) is 6.24. The van der Waals surface area contributed by atoms with E-state index in [9.17, 15) is 14.0 Å². The molecule has 7 heteroatoms. The van der Waals surface area contributed by atoms with E-state index < -0.39 is 34.9 Å². The summed E-state index contributed by atoms with van der Waals surface area (Å²) in [6, 6.07) is 4.30. The molecule has 1 heterocycles. The van der Waals surface area contributed by atoms with Gasteiger partial charge in [0.05, 0.1) is 23.9 Å². The Bertz CT molecular complexity index is 771. The number of hydrogen-bond acceptors (Lipinski definition) is 3. The lowest BCUT2D eigenvalue weighted by Gasteiger charge is -2.09. The standard InChI is InChI=1S/C16H16FN3O3/c1-16(2)12(13(16)15(22)23)14(21)19-9-3-4-11(10(17)7-9)20-6-5-18-8-20/h3-8,12-13H,1-2H3,(H,19,21)(H,22,23)/t12-,13+/m1/s1. The van der Waals surface area contributed by atoms with Crippen LogP contribution in [0.3, 0.4) is 0 Å². The fourth-order valence-electron chi connectivity index (χ4n) is 3.00. The SMILES string of the molecule is CC1(C)[C@H](C(=O)O)[C@@H]1C(=O)Nc1ccc(-n2ccnc2)c(F)c1. The van der Waals surface area contributed by atoms with Crippen LogP contribution < -0.4 is 5.32 Å². The average Bonchev–Trinajstić information content (AvgIpc) is 2.84. The number of carboxylic acids is 1. The van der Waals surface area contributed by atoms with Crippen LogP contribution >= 0.6 is 0 Å². The molecule has 1 saturated carbocycles. The molecule has 1 fully saturated rings. The Labute approximate surface area is 132 Å². The van der Waals surface area contributed by atoms with E-state index in [0.29, 0.717) is 11.4 Å². The molecule has 2 N–H and O–H groups in total. The van der Waals surface area contributed by atoms with Crippen molar-refractivity contribution in [2.24, 2.45) is 17.3 Å². The van der Waals surface area contributed by atoms with Crippen LogP contribution in [0, 0.1) is 23.1 Å². The highest BCUT2D eigenvalue weighted by Crippen LogP contribution is 2.58.